The number of carbonyl (C=O) groups excluding carboxylic acids is 2. The van der Waals surface area contributed by atoms with Gasteiger partial charge in [-0.3, -0.25) is 4.79 Å². The van der Waals surface area contributed by atoms with Crippen LogP contribution in [-0.4, -0.2) is 35.7 Å². The summed E-state index contributed by atoms with van der Waals surface area (Å²) in [5.41, 5.74) is 8.09. The molecular weight excluding hydrogens is 486 g/mol. The zero-order valence-corrected chi connectivity index (χ0v) is 22.8. The fourth-order valence-corrected chi connectivity index (χ4v) is 6.31. The smallest absolute Gasteiger partial charge is 0.420 e. The summed E-state index contributed by atoms with van der Waals surface area (Å²) in [5, 5.41) is 10.2. The van der Waals surface area contributed by atoms with Gasteiger partial charge < -0.3 is 10.5 Å². The molecule has 1 fully saturated rings. The summed E-state index contributed by atoms with van der Waals surface area (Å²) in [5.74, 6) is -0.411. The van der Waals surface area contributed by atoms with Crippen molar-refractivity contribution in [2.24, 2.45) is 11.7 Å². The van der Waals surface area contributed by atoms with E-state index in [9.17, 15) is 14.9 Å². The Morgan fingerprint density at radius 1 is 0.974 bits per heavy atom. The van der Waals surface area contributed by atoms with Crippen LogP contribution in [0.25, 0.3) is 0 Å². The predicted molar refractivity (Wildman–Crippen MR) is 151 cm³/mol. The summed E-state index contributed by atoms with van der Waals surface area (Å²) in [4.78, 5) is 26.9. The van der Waals surface area contributed by atoms with E-state index in [2.05, 4.69) is 19.9 Å². The van der Waals surface area contributed by atoms with Gasteiger partial charge in [0.1, 0.15) is 0 Å². The van der Waals surface area contributed by atoms with Crippen molar-refractivity contribution in [1.82, 2.24) is 0 Å². The summed E-state index contributed by atoms with van der Waals surface area (Å²) >= 11 is 0. The first kappa shape index (κ1) is 28.1. The topological polar surface area (TPSA) is 93.2 Å². The fourth-order valence-electron chi connectivity index (χ4n) is 6.31. The molecular formula is C33H38N3O3+. The number of nitrogens with zero attached hydrogens (tertiary/aromatic N) is 2. The summed E-state index contributed by atoms with van der Waals surface area (Å²) in [6.07, 6.45) is 1.85. The number of hydrogen-bond donors (Lipinski definition) is 1. The minimum Gasteiger partial charge on any atom is -0.420 e. The molecule has 0 bridgehead atoms. The third kappa shape index (κ3) is 5.46. The van der Waals surface area contributed by atoms with Crippen LogP contribution >= 0.6 is 0 Å². The number of benzene rings is 3. The number of rotatable bonds is 10. The van der Waals surface area contributed by atoms with Crippen molar-refractivity contribution in [3.8, 4) is 6.07 Å². The second-order valence-corrected chi connectivity index (χ2v) is 10.8. The highest BCUT2D eigenvalue weighted by atomic mass is 16.6. The van der Waals surface area contributed by atoms with Crippen LogP contribution in [0.3, 0.4) is 0 Å². The molecule has 39 heavy (non-hydrogen) atoms. The first-order valence-corrected chi connectivity index (χ1v) is 13.8. The van der Waals surface area contributed by atoms with Crippen LogP contribution in [-0.2, 0) is 14.9 Å². The normalized spacial score (nSPS) is 20.3. The Labute approximate surface area is 231 Å². The van der Waals surface area contributed by atoms with Crippen LogP contribution in [0.15, 0.2) is 91.0 Å². The largest absolute Gasteiger partial charge is 0.517 e. The van der Waals surface area contributed by atoms with Gasteiger partial charge >= 0.3 is 6.09 Å². The average Bonchev–Trinajstić information content (AvgIpc) is 3.41. The van der Waals surface area contributed by atoms with Gasteiger partial charge in [-0.2, -0.15) is 10.1 Å². The fraction of sp³-hybridized carbons (Fsp3) is 0.364. The van der Waals surface area contributed by atoms with Gasteiger partial charge in [0.2, 0.25) is 0 Å². The first-order chi connectivity index (χ1) is 18.9. The quantitative estimate of drug-likeness (QED) is 0.250. The van der Waals surface area contributed by atoms with Gasteiger partial charge in [-0.05, 0) is 24.3 Å². The Kier molecular flexibility index (Phi) is 8.83. The molecule has 1 aliphatic rings. The van der Waals surface area contributed by atoms with Crippen molar-refractivity contribution in [3.63, 3.8) is 0 Å². The third-order valence-corrected chi connectivity index (χ3v) is 8.34. The van der Waals surface area contributed by atoms with Gasteiger partial charge in [0.25, 0.3) is 5.91 Å². The van der Waals surface area contributed by atoms with Crippen LogP contribution < -0.4 is 5.73 Å². The first-order valence-electron chi connectivity index (χ1n) is 13.8. The zero-order chi connectivity index (χ0) is 27.9. The lowest BCUT2D eigenvalue weighted by molar-refractivity contribution is -0.885. The maximum Gasteiger partial charge on any atom is 0.517 e. The molecule has 3 atom stereocenters. The lowest BCUT2D eigenvalue weighted by Gasteiger charge is -2.41. The van der Waals surface area contributed by atoms with Crippen molar-refractivity contribution in [1.29, 1.82) is 5.26 Å². The molecule has 2 N–H and O–H groups in total. The van der Waals surface area contributed by atoms with Gasteiger partial charge in [0.15, 0.2) is 12.1 Å². The van der Waals surface area contributed by atoms with Gasteiger partial charge in [0.05, 0.1) is 24.6 Å². The molecule has 202 valence electrons. The Balaban J connectivity index is 1.63. The van der Waals surface area contributed by atoms with Gasteiger partial charge in [-0.25, -0.2) is 4.48 Å². The molecule has 3 aromatic carbocycles. The van der Waals surface area contributed by atoms with E-state index >= 15 is 0 Å². The number of nitriles is 1. The zero-order valence-electron chi connectivity index (χ0n) is 22.8. The second-order valence-electron chi connectivity index (χ2n) is 10.8. The molecule has 2 amide bonds. The number of carbonyl (C=O) groups is 2. The van der Waals surface area contributed by atoms with E-state index in [1.807, 2.05) is 91.0 Å². The van der Waals surface area contributed by atoms with E-state index in [1.165, 1.54) is 0 Å². The highest BCUT2D eigenvalue weighted by Crippen LogP contribution is 2.44. The number of ether oxygens (including phenoxy) is 1. The Morgan fingerprint density at radius 2 is 1.51 bits per heavy atom. The minimum atomic E-state index is -0.693. The molecule has 6 heteroatoms. The Bertz CT molecular complexity index is 1250. The minimum absolute atomic E-state index is 0.0809. The highest BCUT2D eigenvalue weighted by Gasteiger charge is 2.58. The van der Waals surface area contributed by atoms with Crippen molar-refractivity contribution in [2.75, 3.05) is 13.2 Å². The molecule has 4 rings (SSSR count). The van der Waals surface area contributed by atoms with E-state index < -0.39 is 29.5 Å². The maximum atomic E-state index is 14.1. The molecule has 0 spiro atoms. The Morgan fingerprint density at radius 3 is 2.00 bits per heavy atom. The monoisotopic (exact) mass is 524 g/mol. The molecule has 0 radical (unpaired) electrons. The number of likely N-dealkylation sites (tertiary alicyclic amines) is 1. The molecule has 0 saturated carbocycles. The number of amides is 2. The third-order valence-electron chi connectivity index (χ3n) is 8.34. The van der Waals surface area contributed by atoms with Crippen molar-refractivity contribution in [2.45, 2.75) is 57.0 Å². The van der Waals surface area contributed by atoms with Crippen LogP contribution in [0.4, 0.5) is 4.79 Å². The summed E-state index contributed by atoms with van der Waals surface area (Å²) in [6.45, 7) is 4.71. The van der Waals surface area contributed by atoms with Crippen LogP contribution in [0, 0.1) is 17.2 Å². The van der Waals surface area contributed by atoms with Crippen LogP contribution in [0.5, 0.6) is 0 Å². The van der Waals surface area contributed by atoms with Crippen molar-refractivity contribution in [3.05, 3.63) is 108 Å². The number of primary amides is 1. The van der Waals surface area contributed by atoms with E-state index in [4.69, 9.17) is 10.5 Å². The van der Waals surface area contributed by atoms with E-state index in [0.717, 1.165) is 16.7 Å². The van der Waals surface area contributed by atoms with Crippen LogP contribution in [0.1, 0.15) is 62.3 Å². The molecule has 3 aromatic rings. The SMILES string of the molecule is CC(C)C(C#N)(CCCOC(=O)[N@+]1(C(c2ccccc2)c2ccccc2)CCCC1C(N)=O)c1ccccc1. The number of hydrogen-bond acceptors (Lipinski definition) is 4. The maximum absolute atomic E-state index is 14.1. The standard InChI is InChI=1S/C33H37N3O3/c1-25(2)33(24-34,28-18-10-5-11-19-28)21-13-23-39-32(38)36(22-12-20-29(36)31(35)37)30(26-14-6-3-7-15-26)27-16-8-4-9-17-27/h3-11,14-19,25,29-30H,12-13,20-23H2,1-2H3,(H-,35,37)/p+1/t29?,33?,36-/m1/s1. The average molecular weight is 525 g/mol. The van der Waals surface area contributed by atoms with Gasteiger partial charge in [-0.15, -0.1) is 0 Å². The summed E-state index contributed by atoms with van der Waals surface area (Å²) < 4.78 is 5.82. The lowest BCUT2D eigenvalue weighted by Crippen LogP contribution is -2.62. The molecule has 1 aliphatic heterocycles. The second kappa shape index (κ2) is 12.3. The Hall–Kier alpha value is -3.95. The van der Waals surface area contributed by atoms with Crippen LogP contribution in [0.2, 0.25) is 0 Å². The van der Waals surface area contributed by atoms with Crippen molar-refractivity contribution >= 4 is 12.0 Å². The molecule has 6 nitrogen and oxygen atoms in total. The highest BCUT2D eigenvalue weighted by molar-refractivity contribution is 5.81. The predicted octanol–water partition coefficient (Wildman–Crippen LogP) is 6.27. The van der Waals surface area contributed by atoms with E-state index in [-0.39, 0.29) is 17.0 Å². The number of nitrogens with two attached hydrogens (primary N) is 1. The van der Waals surface area contributed by atoms with E-state index in [0.29, 0.717) is 32.2 Å². The summed E-state index contributed by atoms with van der Waals surface area (Å²) in [6, 6.07) is 30.9. The van der Waals surface area contributed by atoms with E-state index in [1.54, 1.807) is 0 Å². The van der Waals surface area contributed by atoms with Gasteiger partial charge in [0, 0.05) is 24.0 Å². The molecule has 1 saturated heterocycles. The number of quaternary nitrogens is 1. The lowest BCUT2D eigenvalue weighted by atomic mass is 9.70. The molecule has 1 heterocycles. The summed E-state index contributed by atoms with van der Waals surface area (Å²) in [7, 11) is 0. The van der Waals surface area contributed by atoms with Crippen molar-refractivity contribution < 1.29 is 18.8 Å². The molecule has 0 aliphatic carbocycles. The molecule has 2 unspecified atom stereocenters. The molecule has 0 aromatic heterocycles. The van der Waals surface area contributed by atoms with Gasteiger partial charge in [-0.1, -0.05) is 105 Å².